The first kappa shape index (κ1) is 11.0. The predicted octanol–water partition coefficient (Wildman–Crippen LogP) is 2.84. The SMILES string of the molecule is CCN(CC)C1=NC=CC(C)=CC1C. The first-order valence-corrected chi connectivity index (χ1v) is 5.36. The zero-order valence-corrected chi connectivity index (χ0v) is 9.62. The molecule has 1 atom stereocenters. The number of nitrogens with zero attached hydrogens (tertiary/aromatic N) is 2. The van der Waals surface area contributed by atoms with Gasteiger partial charge >= 0.3 is 0 Å². The largest absolute Gasteiger partial charge is 0.360 e. The Morgan fingerprint density at radius 1 is 1.36 bits per heavy atom. The van der Waals surface area contributed by atoms with Gasteiger partial charge in [-0.1, -0.05) is 18.6 Å². The summed E-state index contributed by atoms with van der Waals surface area (Å²) >= 11 is 0. The van der Waals surface area contributed by atoms with Crippen LogP contribution in [0.5, 0.6) is 0 Å². The average molecular weight is 192 g/mol. The highest BCUT2D eigenvalue weighted by molar-refractivity contribution is 5.87. The fourth-order valence-corrected chi connectivity index (χ4v) is 1.79. The summed E-state index contributed by atoms with van der Waals surface area (Å²) in [7, 11) is 0. The number of amidine groups is 1. The van der Waals surface area contributed by atoms with Crippen LogP contribution in [0.4, 0.5) is 0 Å². The smallest absolute Gasteiger partial charge is 0.111 e. The summed E-state index contributed by atoms with van der Waals surface area (Å²) in [6.07, 6.45) is 6.23. The van der Waals surface area contributed by atoms with Crippen LogP contribution in [0, 0.1) is 5.92 Å². The molecule has 1 aliphatic heterocycles. The van der Waals surface area contributed by atoms with Crippen LogP contribution in [-0.4, -0.2) is 23.8 Å². The van der Waals surface area contributed by atoms with E-state index in [0.717, 1.165) is 13.1 Å². The molecule has 0 aromatic carbocycles. The molecule has 0 spiro atoms. The first-order valence-electron chi connectivity index (χ1n) is 5.36. The monoisotopic (exact) mass is 192 g/mol. The van der Waals surface area contributed by atoms with E-state index in [1.165, 1.54) is 11.4 Å². The lowest BCUT2D eigenvalue weighted by atomic mass is 10.1. The van der Waals surface area contributed by atoms with Gasteiger partial charge in [0.25, 0.3) is 0 Å². The molecule has 14 heavy (non-hydrogen) atoms. The van der Waals surface area contributed by atoms with Gasteiger partial charge in [0.1, 0.15) is 5.84 Å². The second-order valence-electron chi connectivity index (χ2n) is 3.67. The van der Waals surface area contributed by atoms with E-state index in [1.807, 2.05) is 6.20 Å². The average Bonchev–Trinajstić information content (AvgIpc) is 2.31. The Morgan fingerprint density at radius 3 is 2.57 bits per heavy atom. The van der Waals surface area contributed by atoms with Crippen molar-refractivity contribution in [3.63, 3.8) is 0 Å². The van der Waals surface area contributed by atoms with Crippen molar-refractivity contribution in [1.82, 2.24) is 4.90 Å². The van der Waals surface area contributed by atoms with Crippen molar-refractivity contribution >= 4 is 5.84 Å². The van der Waals surface area contributed by atoms with E-state index < -0.39 is 0 Å². The third-order valence-electron chi connectivity index (χ3n) is 2.55. The van der Waals surface area contributed by atoms with Gasteiger partial charge in [0.15, 0.2) is 0 Å². The molecule has 0 aromatic heterocycles. The molecule has 0 saturated carbocycles. The summed E-state index contributed by atoms with van der Waals surface area (Å²) in [5.41, 5.74) is 1.29. The molecule has 1 rings (SSSR count). The molecular formula is C12H20N2. The van der Waals surface area contributed by atoms with Crippen molar-refractivity contribution < 1.29 is 0 Å². The Morgan fingerprint density at radius 2 is 2.00 bits per heavy atom. The van der Waals surface area contributed by atoms with Crippen LogP contribution in [-0.2, 0) is 0 Å². The normalized spacial score (nSPS) is 21.3. The zero-order chi connectivity index (χ0) is 10.6. The van der Waals surface area contributed by atoms with Crippen LogP contribution in [0.15, 0.2) is 28.9 Å². The van der Waals surface area contributed by atoms with E-state index in [1.54, 1.807) is 0 Å². The molecule has 0 amide bonds. The second kappa shape index (κ2) is 4.99. The van der Waals surface area contributed by atoms with E-state index in [9.17, 15) is 0 Å². The molecular weight excluding hydrogens is 172 g/mol. The van der Waals surface area contributed by atoms with Crippen LogP contribution >= 0.6 is 0 Å². The Kier molecular flexibility index (Phi) is 3.93. The summed E-state index contributed by atoms with van der Waals surface area (Å²) in [6.45, 7) is 10.7. The van der Waals surface area contributed by atoms with Gasteiger partial charge in [0.2, 0.25) is 0 Å². The van der Waals surface area contributed by atoms with Crippen LogP contribution in [0.3, 0.4) is 0 Å². The minimum Gasteiger partial charge on any atom is -0.360 e. The molecule has 2 nitrogen and oxygen atoms in total. The maximum Gasteiger partial charge on any atom is 0.111 e. The molecule has 78 valence electrons. The Hall–Kier alpha value is -1.05. The van der Waals surface area contributed by atoms with Crippen LogP contribution in [0.1, 0.15) is 27.7 Å². The van der Waals surface area contributed by atoms with Gasteiger partial charge in [-0.15, -0.1) is 0 Å². The molecule has 2 heteroatoms. The molecule has 0 aliphatic carbocycles. The third kappa shape index (κ3) is 2.47. The number of allylic oxidation sites excluding steroid dienone is 2. The number of rotatable bonds is 2. The number of hydrogen-bond donors (Lipinski definition) is 0. The standard InChI is InChI=1S/C12H20N2/c1-5-14(6-2)12-11(4)9-10(3)7-8-13-12/h7-9,11H,5-6H2,1-4H3. The topological polar surface area (TPSA) is 15.6 Å². The van der Waals surface area contributed by atoms with Gasteiger partial charge in [-0.05, 0) is 26.8 Å². The summed E-state index contributed by atoms with van der Waals surface area (Å²) < 4.78 is 0. The number of aliphatic imine (C=N–C) groups is 1. The molecule has 0 radical (unpaired) electrons. The lowest BCUT2D eigenvalue weighted by molar-refractivity contribution is 0.447. The lowest BCUT2D eigenvalue weighted by Gasteiger charge is -2.25. The van der Waals surface area contributed by atoms with Gasteiger partial charge in [0, 0.05) is 25.2 Å². The Bertz CT molecular complexity index is 270. The van der Waals surface area contributed by atoms with Gasteiger partial charge in [-0.25, -0.2) is 4.99 Å². The second-order valence-corrected chi connectivity index (χ2v) is 3.67. The lowest BCUT2D eigenvalue weighted by Crippen LogP contribution is -2.34. The fraction of sp³-hybridized carbons (Fsp3) is 0.583. The summed E-state index contributed by atoms with van der Waals surface area (Å²) in [5.74, 6) is 1.60. The zero-order valence-electron chi connectivity index (χ0n) is 9.62. The molecule has 0 aromatic rings. The van der Waals surface area contributed by atoms with E-state index in [2.05, 4.69) is 49.7 Å². The first-order chi connectivity index (χ1) is 6.69. The highest BCUT2D eigenvalue weighted by Gasteiger charge is 2.14. The van der Waals surface area contributed by atoms with Crippen LogP contribution < -0.4 is 0 Å². The van der Waals surface area contributed by atoms with Crippen molar-refractivity contribution in [3.05, 3.63) is 23.9 Å². The van der Waals surface area contributed by atoms with Crippen molar-refractivity contribution in [2.75, 3.05) is 13.1 Å². The summed E-state index contributed by atoms with van der Waals surface area (Å²) in [6, 6.07) is 0. The van der Waals surface area contributed by atoms with Gasteiger partial charge in [-0.3, -0.25) is 0 Å². The quantitative estimate of drug-likeness (QED) is 0.657. The number of hydrogen-bond acceptors (Lipinski definition) is 2. The molecule has 0 fully saturated rings. The Balaban J connectivity index is 2.88. The molecule has 1 heterocycles. The Labute approximate surface area is 87.0 Å². The van der Waals surface area contributed by atoms with Crippen molar-refractivity contribution in [3.8, 4) is 0 Å². The fourth-order valence-electron chi connectivity index (χ4n) is 1.79. The summed E-state index contributed by atoms with van der Waals surface area (Å²) in [5, 5.41) is 0. The highest BCUT2D eigenvalue weighted by Crippen LogP contribution is 2.13. The molecule has 1 aliphatic rings. The van der Waals surface area contributed by atoms with Gasteiger partial charge in [0.05, 0.1) is 0 Å². The maximum atomic E-state index is 4.51. The van der Waals surface area contributed by atoms with E-state index >= 15 is 0 Å². The van der Waals surface area contributed by atoms with Gasteiger partial charge in [-0.2, -0.15) is 0 Å². The third-order valence-corrected chi connectivity index (χ3v) is 2.55. The van der Waals surface area contributed by atoms with Crippen molar-refractivity contribution in [2.45, 2.75) is 27.7 Å². The van der Waals surface area contributed by atoms with Crippen LogP contribution in [0.2, 0.25) is 0 Å². The van der Waals surface area contributed by atoms with Gasteiger partial charge < -0.3 is 4.90 Å². The van der Waals surface area contributed by atoms with Crippen molar-refractivity contribution in [2.24, 2.45) is 10.9 Å². The molecule has 0 N–H and O–H groups in total. The van der Waals surface area contributed by atoms with E-state index in [-0.39, 0.29) is 0 Å². The van der Waals surface area contributed by atoms with E-state index in [4.69, 9.17) is 0 Å². The minimum atomic E-state index is 0.421. The molecule has 0 bridgehead atoms. The molecule has 0 saturated heterocycles. The van der Waals surface area contributed by atoms with Crippen LogP contribution in [0.25, 0.3) is 0 Å². The minimum absolute atomic E-state index is 0.421. The predicted molar refractivity (Wildman–Crippen MR) is 62.4 cm³/mol. The molecule has 1 unspecified atom stereocenters. The maximum absolute atomic E-state index is 4.51. The highest BCUT2D eigenvalue weighted by atomic mass is 15.2. The summed E-state index contributed by atoms with van der Waals surface area (Å²) in [4.78, 5) is 6.82. The van der Waals surface area contributed by atoms with Crippen molar-refractivity contribution in [1.29, 1.82) is 0 Å². The van der Waals surface area contributed by atoms with E-state index in [0.29, 0.717) is 5.92 Å².